The molecule has 4 rings (SSSR count). The first-order valence-corrected chi connectivity index (χ1v) is 11.2. The van der Waals surface area contributed by atoms with Gasteiger partial charge in [0.1, 0.15) is 10.8 Å². The zero-order valence-corrected chi connectivity index (χ0v) is 16.6. The Labute approximate surface area is 169 Å². The molecule has 0 atom stereocenters. The van der Waals surface area contributed by atoms with E-state index >= 15 is 0 Å². The van der Waals surface area contributed by atoms with Gasteiger partial charge in [0, 0.05) is 18.5 Å². The zero-order chi connectivity index (χ0) is 20.6. The van der Waals surface area contributed by atoms with E-state index in [-0.39, 0.29) is 21.4 Å². The van der Waals surface area contributed by atoms with E-state index in [9.17, 15) is 21.6 Å². The molecular formula is C18H16F3N3O3S2. The van der Waals surface area contributed by atoms with Gasteiger partial charge < -0.3 is 4.42 Å². The van der Waals surface area contributed by atoms with Crippen molar-refractivity contribution < 1.29 is 26.0 Å². The first-order valence-electron chi connectivity index (χ1n) is 8.81. The molecule has 29 heavy (non-hydrogen) atoms. The van der Waals surface area contributed by atoms with Gasteiger partial charge in [0.2, 0.25) is 10.9 Å². The number of hydrogen-bond donors (Lipinski definition) is 0. The number of sulfonamides is 1. The normalized spacial score (nSPS) is 16.0. The molecule has 0 spiro atoms. The van der Waals surface area contributed by atoms with Crippen molar-refractivity contribution >= 4 is 32.7 Å². The molecule has 11 heteroatoms. The molecule has 3 aromatic rings. The van der Waals surface area contributed by atoms with Gasteiger partial charge in [0.25, 0.3) is 10.0 Å². The summed E-state index contributed by atoms with van der Waals surface area (Å²) < 4.78 is 71.3. The molecular weight excluding hydrogens is 427 g/mol. The lowest BCUT2D eigenvalue weighted by Crippen LogP contribution is -2.27. The van der Waals surface area contributed by atoms with Crippen molar-refractivity contribution in [2.75, 3.05) is 13.1 Å². The molecule has 1 saturated heterocycles. The maximum Gasteiger partial charge on any atom is 0.451 e. The lowest BCUT2D eigenvalue weighted by Gasteiger charge is -2.12. The average molecular weight is 443 g/mol. The quantitative estimate of drug-likeness (QED) is 0.432. The molecule has 0 N–H and O–H groups in total. The Balaban J connectivity index is 1.58. The molecule has 154 valence electrons. The maximum absolute atomic E-state index is 13.1. The third kappa shape index (κ3) is 4.12. The second-order valence-electron chi connectivity index (χ2n) is 6.49. The van der Waals surface area contributed by atoms with Crippen molar-refractivity contribution in [1.29, 1.82) is 0 Å². The molecule has 0 saturated carbocycles. The molecule has 0 amide bonds. The van der Waals surface area contributed by atoms with Gasteiger partial charge in [-0.05, 0) is 31.0 Å². The largest absolute Gasteiger partial charge is 0.451 e. The van der Waals surface area contributed by atoms with Crippen LogP contribution in [-0.2, 0) is 22.0 Å². The maximum atomic E-state index is 13.1. The van der Waals surface area contributed by atoms with Crippen LogP contribution in [0.4, 0.5) is 13.2 Å². The summed E-state index contributed by atoms with van der Waals surface area (Å²) >= 11 is 1.04. The highest BCUT2D eigenvalue weighted by molar-refractivity contribution is 7.98. The standard InChI is InChI=1S/C18H16F3N3O3S2/c19-18(20,21)17-22-14-6-2-1-5-13(14)16(23-17)28-11-12-7-8-15(27-12)29(25,26)24-9-3-4-10-24/h1-2,5-8H,3-4,9-11H2. The molecule has 1 aromatic carbocycles. The minimum absolute atomic E-state index is 0.133. The fourth-order valence-electron chi connectivity index (χ4n) is 3.05. The Morgan fingerprint density at radius 3 is 2.52 bits per heavy atom. The highest BCUT2D eigenvalue weighted by Crippen LogP contribution is 2.34. The third-order valence-corrected chi connectivity index (χ3v) is 7.26. The van der Waals surface area contributed by atoms with E-state index < -0.39 is 22.0 Å². The van der Waals surface area contributed by atoms with Crippen molar-refractivity contribution in [3.8, 4) is 0 Å². The van der Waals surface area contributed by atoms with Crippen molar-refractivity contribution in [3.05, 3.63) is 48.0 Å². The minimum atomic E-state index is -4.67. The van der Waals surface area contributed by atoms with Crippen LogP contribution >= 0.6 is 11.8 Å². The van der Waals surface area contributed by atoms with Gasteiger partial charge in [-0.1, -0.05) is 30.0 Å². The summed E-state index contributed by atoms with van der Waals surface area (Å²) in [5, 5.41) is 0.490. The second kappa shape index (κ2) is 7.62. The number of thioether (sulfide) groups is 1. The Bertz CT molecular complexity index is 1140. The molecule has 0 aliphatic carbocycles. The average Bonchev–Trinajstić information content (AvgIpc) is 3.37. The fourth-order valence-corrected chi connectivity index (χ4v) is 5.41. The van der Waals surface area contributed by atoms with Crippen LogP contribution in [0.15, 0.2) is 50.9 Å². The summed E-state index contributed by atoms with van der Waals surface area (Å²) in [6.45, 7) is 0.917. The van der Waals surface area contributed by atoms with Crippen molar-refractivity contribution in [1.82, 2.24) is 14.3 Å². The fraction of sp³-hybridized carbons (Fsp3) is 0.333. The van der Waals surface area contributed by atoms with Gasteiger partial charge in [-0.15, -0.1) is 0 Å². The Kier molecular flexibility index (Phi) is 5.30. The number of hydrogen-bond acceptors (Lipinski definition) is 6. The number of fused-ring (bicyclic) bond motifs is 1. The van der Waals surface area contributed by atoms with Crippen LogP contribution in [0.5, 0.6) is 0 Å². The molecule has 3 heterocycles. The summed E-state index contributed by atoms with van der Waals surface area (Å²) in [4.78, 5) is 7.25. The van der Waals surface area contributed by atoms with Crippen LogP contribution in [0.25, 0.3) is 10.9 Å². The van der Waals surface area contributed by atoms with E-state index in [0.717, 1.165) is 24.6 Å². The molecule has 0 radical (unpaired) electrons. The van der Waals surface area contributed by atoms with Crippen LogP contribution in [0.1, 0.15) is 24.4 Å². The SMILES string of the molecule is O=S(=O)(c1ccc(CSc2nc(C(F)(F)F)nc3ccccc23)o1)N1CCCC1. The van der Waals surface area contributed by atoms with Gasteiger partial charge in [-0.3, -0.25) is 0 Å². The van der Waals surface area contributed by atoms with Gasteiger partial charge in [0.15, 0.2) is 0 Å². The van der Waals surface area contributed by atoms with E-state index in [4.69, 9.17) is 4.42 Å². The molecule has 0 unspecified atom stereocenters. The van der Waals surface area contributed by atoms with Crippen LogP contribution in [0, 0.1) is 0 Å². The number of halogens is 3. The molecule has 6 nitrogen and oxygen atoms in total. The lowest BCUT2D eigenvalue weighted by atomic mass is 10.2. The molecule has 0 bridgehead atoms. The molecule has 1 aliphatic rings. The Morgan fingerprint density at radius 2 is 1.79 bits per heavy atom. The predicted octanol–water partition coefficient (Wildman–Crippen LogP) is 4.32. The topological polar surface area (TPSA) is 76.3 Å². The van der Waals surface area contributed by atoms with Gasteiger partial charge in [-0.25, -0.2) is 18.4 Å². The number of rotatable bonds is 5. The Hall–Kier alpha value is -2.11. The van der Waals surface area contributed by atoms with E-state index in [1.807, 2.05) is 0 Å². The van der Waals surface area contributed by atoms with Crippen LogP contribution in [0.3, 0.4) is 0 Å². The highest BCUT2D eigenvalue weighted by Gasteiger charge is 2.35. The summed E-state index contributed by atoms with van der Waals surface area (Å²) in [6.07, 6.45) is -3.04. The van der Waals surface area contributed by atoms with Crippen molar-refractivity contribution in [3.63, 3.8) is 0 Å². The summed E-state index contributed by atoms with van der Waals surface area (Å²) in [5.41, 5.74) is 0.189. The van der Waals surface area contributed by atoms with E-state index in [1.165, 1.54) is 22.5 Å². The zero-order valence-electron chi connectivity index (χ0n) is 15.0. The molecule has 1 aliphatic heterocycles. The third-order valence-electron chi connectivity index (χ3n) is 4.47. The lowest BCUT2D eigenvalue weighted by molar-refractivity contribution is -0.145. The number of benzene rings is 1. The number of nitrogens with zero attached hydrogens (tertiary/aromatic N) is 3. The summed E-state index contributed by atoms with van der Waals surface area (Å²) in [5.74, 6) is -0.743. The second-order valence-corrected chi connectivity index (χ2v) is 9.32. The summed E-state index contributed by atoms with van der Waals surface area (Å²) in [7, 11) is -3.68. The first kappa shape index (κ1) is 20.2. The molecule has 2 aromatic heterocycles. The first-order chi connectivity index (χ1) is 13.7. The van der Waals surface area contributed by atoms with Gasteiger partial charge in [-0.2, -0.15) is 17.5 Å². The minimum Gasteiger partial charge on any atom is -0.447 e. The van der Waals surface area contributed by atoms with Gasteiger partial charge in [0.05, 0.1) is 11.3 Å². The van der Waals surface area contributed by atoms with E-state index in [2.05, 4.69) is 9.97 Å². The number of alkyl halides is 3. The highest BCUT2D eigenvalue weighted by atomic mass is 32.2. The number of para-hydroxylation sites is 1. The monoisotopic (exact) mass is 443 g/mol. The molecule has 1 fully saturated rings. The van der Waals surface area contributed by atoms with E-state index in [1.54, 1.807) is 18.2 Å². The Morgan fingerprint density at radius 1 is 1.07 bits per heavy atom. The van der Waals surface area contributed by atoms with Crippen molar-refractivity contribution in [2.24, 2.45) is 0 Å². The van der Waals surface area contributed by atoms with Crippen LogP contribution in [0.2, 0.25) is 0 Å². The number of furan rings is 1. The van der Waals surface area contributed by atoms with Gasteiger partial charge >= 0.3 is 6.18 Å². The number of aromatic nitrogens is 2. The predicted molar refractivity (Wildman–Crippen MR) is 101 cm³/mol. The van der Waals surface area contributed by atoms with Crippen molar-refractivity contribution in [2.45, 2.75) is 34.9 Å². The smallest absolute Gasteiger partial charge is 0.447 e. The van der Waals surface area contributed by atoms with Crippen LogP contribution < -0.4 is 0 Å². The van der Waals surface area contributed by atoms with E-state index in [0.29, 0.717) is 24.2 Å². The van der Waals surface area contributed by atoms with Crippen LogP contribution in [-0.4, -0.2) is 35.8 Å². The summed E-state index contributed by atoms with van der Waals surface area (Å²) in [6, 6.07) is 9.32.